The second kappa shape index (κ2) is 6.54. The molecular weight excluding hydrogens is 266 g/mol. The van der Waals surface area contributed by atoms with Gasteiger partial charge in [-0.25, -0.2) is 9.97 Å². The number of aromatic nitrogens is 2. The summed E-state index contributed by atoms with van der Waals surface area (Å²) in [5.74, 6) is 2.13. The molecule has 0 atom stereocenters. The number of hydrogen-bond donors (Lipinski definition) is 1. The summed E-state index contributed by atoms with van der Waals surface area (Å²) in [6, 6.07) is 5.65. The van der Waals surface area contributed by atoms with E-state index in [2.05, 4.69) is 15.3 Å². The predicted octanol–water partition coefficient (Wildman–Crippen LogP) is 2.50. The average Bonchev–Trinajstić information content (AvgIpc) is 2.50. The monoisotopic (exact) mass is 287 g/mol. The molecule has 0 aliphatic carbocycles. The van der Waals surface area contributed by atoms with Crippen molar-refractivity contribution in [2.75, 3.05) is 21.3 Å². The van der Waals surface area contributed by atoms with Gasteiger partial charge in [-0.15, -0.1) is 0 Å². The second-order valence-electron chi connectivity index (χ2n) is 4.83. The topological polar surface area (TPSA) is 56.3 Å². The number of methoxy groups -OCH3 is 2. The summed E-state index contributed by atoms with van der Waals surface area (Å²) in [7, 11) is 5.18. The maximum atomic E-state index is 5.30. The first-order chi connectivity index (χ1) is 10.1. The highest BCUT2D eigenvalue weighted by Gasteiger charge is 2.11. The summed E-state index contributed by atoms with van der Waals surface area (Å²) in [5.41, 5.74) is 3.98. The predicted molar refractivity (Wildman–Crippen MR) is 82.8 cm³/mol. The molecule has 0 aliphatic rings. The minimum atomic E-state index is 0.682. The van der Waals surface area contributed by atoms with E-state index in [1.165, 1.54) is 0 Å². The fourth-order valence-electron chi connectivity index (χ4n) is 2.24. The lowest BCUT2D eigenvalue weighted by Gasteiger charge is -2.12. The molecule has 0 amide bonds. The Morgan fingerprint density at radius 1 is 0.952 bits per heavy atom. The number of hydrogen-bond acceptors (Lipinski definition) is 5. The van der Waals surface area contributed by atoms with Crippen LogP contribution in [0.15, 0.2) is 18.2 Å². The fourth-order valence-corrected chi connectivity index (χ4v) is 2.24. The summed E-state index contributed by atoms with van der Waals surface area (Å²) in [6.07, 6.45) is 0. The Labute approximate surface area is 125 Å². The minimum absolute atomic E-state index is 0.682. The third-order valence-electron chi connectivity index (χ3n) is 3.38. The van der Waals surface area contributed by atoms with Crippen LogP contribution in [-0.4, -0.2) is 31.2 Å². The molecule has 0 spiro atoms. The van der Waals surface area contributed by atoms with Crippen LogP contribution in [-0.2, 0) is 6.54 Å². The van der Waals surface area contributed by atoms with Crippen LogP contribution in [0.1, 0.15) is 17.0 Å². The molecule has 112 valence electrons. The van der Waals surface area contributed by atoms with Crippen molar-refractivity contribution in [1.29, 1.82) is 0 Å². The Hall–Kier alpha value is -2.14. The van der Waals surface area contributed by atoms with Crippen LogP contribution in [0.4, 0.5) is 0 Å². The van der Waals surface area contributed by atoms with Gasteiger partial charge in [-0.2, -0.15) is 0 Å². The number of rotatable bonds is 5. The number of aryl methyl sites for hydroxylation is 2. The molecule has 0 fully saturated rings. The molecule has 0 aliphatic heterocycles. The maximum Gasteiger partial charge on any atom is 0.159 e. The van der Waals surface area contributed by atoms with E-state index >= 15 is 0 Å². The van der Waals surface area contributed by atoms with Crippen LogP contribution in [0, 0.1) is 13.8 Å². The van der Waals surface area contributed by atoms with E-state index in [9.17, 15) is 0 Å². The third kappa shape index (κ3) is 3.31. The van der Waals surface area contributed by atoms with E-state index < -0.39 is 0 Å². The van der Waals surface area contributed by atoms with Gasteiger partial charge in [0, 0.05) is 35.1 Å². The molecule has 0 radical (unpaired) electrons. The maximum absolute atomic E-state index is 5.30. The van der Waals surface area contributed by atoms with Gasteiger partial charge in [0.1, 0.15) is 11.5 Å². The van der Waals surface area contributed by atoms with Crippen molar-refractivity contribution < 1.29 is 9.47 Å². The lowest BCUT2D eigenvalue weighted by Crippen LogP contribution is -2.11. The smallest absolute Gasteiger partial charge is 0.159 e. The van der Waals surface area contributed by atoms with Crippen LogP contribution in [0.25, 0.3) is 11.4 Å². The first-order valence-electron chi connectivity index (χ1n) is 6.81. The van der Waals surface area contributed by atoms with Gasteiger partial charge in [0.05, 0.1) is 14.2 Å². The van der Waals surface area contributed by atoms with Crippen molar-refractivity contribution in [3.05, 3.63) is 35.2 Å². The summed E-state index contributed by atoms with van der Waals surface area (Å²) < 4.78 is 10.6. The van der Waals surface area contributed by atoms with Crippen molar-refractivity contribution >= 4 is 0 Å². The SMILES string of the molecule is CNCc1c(C)nc(-c2cc(OC)cc(OC)c2)nc1C. The zero-order valence-electron chi connectivity index (χ0n) is 13.2. The van der Waals surface area contributed by atoms with Crippen molar-refractivity contribution in [2.24, 2.45) is 0 Å². The van der Waals surface area contributed by atoms with Gasteiger partial charge in [-0.05, 0) is 33.0 Å². The third-order valence-corrected chi connectivity index (χ3v) is 3.38. The highest BCUT2D eigenvalue weighted by atomic mass is 16.5. The first-order valence-corrected chi connectivity index (χ1v) is 6.81. The largest absolute Gasteiger partial charge is 0.497 e. The summed E-state index contributed by atoms with van der Waals surface area (Å²) in [6.45, 7) is 4.77. The van der Waals surface area contributed by atoms with Gasteiger partial charge in [-0.1, -0.05) is 0 Å². The van der Waals surface area contributed by atoms with Gasteiger partial charge in [-0.3, -0.25) is 0 Å². The quantitative estimate of drug-likeness (QED) is 0.915. The van der Waals surface area contributed by atoms with E-state index in [0.717, 1.165) is 40.6 Å². The molecular formula is C16H21N3O2. The zero-order valence-corrected chi connectivity index (χ0v) is 13.2. The molecule has 1 N–H and O–H groups in total. The van der Waals surface area contributed by atoms with E-state index in [0.29, 0.717) is 5.82 Å². The second-order valence-corrected chi connectivity index (χ2v) is 4.83. The lowest BCUT2D eigenvalue weighted by atomic mass is 10.1. The Morgan fingerprint density at radius 2 is 1.48 bits per heavy atom. The van der Waals surface area contributed by atoms with E-state index in [1.807, 2.05) is 39.1 Å². The van der Waals surface area contributed by atoms with Gasteiger partial charge in [0.2, 0.25) is 0 Å². The molecule has 1 heterocycles. The molecule has 21 heavy (non-hydrogen) atoms. The van der Waals surface area contributed by atoms with Crippen LogP contribution in [0.3, 0.4) is 0 Å². The van der Waals surface area contributed by atoms with Crippen LogP contribution in [0.2, 0.25) is 0 Å². The summed E-state index contributed by atoms with van der Waals surface area (Å²) >= 11 is 0. The van der Waals surface area contributed by atoms with Crippen molar-refractivity contribution in [1.82, 2.24) is 15.3 Å². The van der Waals surface area contributed by atoms with E-state index in [4.69, 9.17) is 9.47 Å². The van der Waals surface area contributed by atoms with Crippen LogP contribution in [0.5, 0.6) is 11.5 Å². The van der Waals surface area contributed by atoms with Gasteiger partial charge >= 0.3 is 0 Å². The standard InChI is InChI=1S/C16H21N3O2/c1-10-15(9-17-3)11(2)19-16(18-10)12-6-13(20-4)8-14(7-12)21-5/h6-8,17H,9H2,1-5H3. The Morgan fingerprint density at radius 3 is 1.90 bits per heavy atom. The molecule has 5 heteroatoms. The van der Waals surface area contributed by atoms with Gasteiger partial charge < -0.3 is 14.8 Å². The highest BCUT2D eigenvalue weighted by Crippen LogP contribution is 2.28. The van der Waals surface area contributed by atoms with Crippen molar-refractivity contribution in [3.63, 3.8) is 0 Å². The molecule has 0 bridgehead atoms. The lowest BCUT2D eigenvalue weighted by molar-refractivity contribution is 0.394. The molecule has 1 aromatic carbocycles. The molecule has 0 saturated heterocycles. The Balaban J connectivity index is 2.51. The highest BCUT2D eigenvalue weighted by molar-refractivity contribution is 5.61. The number of ether oxygens (including phenoxy) is 2. The van der Waals surface area contributed by atoms with Crippen molar-refractivity contribution in [3.8, 4) is 22.9 Å². The van der Waals surface area contributed by atoms with Crippen LogP contribution >= 0.6 is 0 Å². The first kappa shape index (κ1) is 15.3. The fraction of sp³-hybridized carbons (Fsp3) is 0.375. The van der Waals surface area contributed by atoms with Crippen LogP contribution < -0.4 is 14.8 Å². The Bertz CT molecular complexity index is 596. The summed E-state index contributed by atoms with van der Waals surface area (Å²) in [5, 5.41) is 3.14. The molecule has 2 rings (SSSR count). The number of nitrogens with one attached hydrogen (secondary N) is 1. The number of benzene rings is 1. The summed E-state index contributed by atoms with van der Waals surface area (Å²) in [4.78, 5) is 9.22. The van der Waals surface area contributed by atoms with Gasteiger partial charge in [0.25, 0.3) is 0 Å². The zero-order chi connectivity index (χ0) is 15.4. The molecule has 5 nitrogen and oxygen atoms in total. The molecule has 2 aromatic rings. The van der Waals surface area contributed by atoms with E-state index in [-0.39, 0.29) is 0 Å². The normalized spacial score (nSPS) is 10.5. The average molecular weight is 287 g/mol. The van der Waals surface area contributed by atoms with E-state index in [1.54, 1.807) is 14.2 Å². The molecule has 0 unspecified atom stereocenters. The molecule has 0 saturated carbocycles. The van der Waals surface area contributed by atoms with Crippen molar-refractivity contribution in [2.45, 2.75) is 20.4 Å². The Kier molecular flexibility index (Phi) is 4.75. The van der Waals surface area contributed by atoms with Gasteiger partial charge in [0.15, 0.2) is 5.82 Å². The number of nitrogens with zero attached hydrogens (tertiary/aromatic N) is 2. The minimum Gasteiger partial charge on any atom is -0.497 e. The molecule has 1 aromatic heterocycles.